The second-order valence-electron chi connectivity index (χ2n) is 5.10. The van der Waals surface area contributed by atoms with E-state index in [-0.39, 0.29) is 5.91 Å². The Morgan fingerprint density at radius 2 is 1.70 bits per heavy atom. The molecule has 1 N–H and O–H groups in total. The zero-order valence-electron chi connectivity index (χ0n) is 13.2. The molecule has 0 aliphatic rings. The average Bonchev–Trinajstić information content (AvgIpc) is 2.57. The van der Waals surface area contributed by atoms with Crippen molar-refractivity contribution in [3.63, 3.8) is 0 Å². The second-order valence-corrected chi connectivity index (χ2v) is 5.54. The number of hydrogen-bond donors (Lipinski definition) is 1. The van der Waals surface area contributed by atoms with Gasteiger partial charge in [-0.3, -0.25) is 4.79 Å². The number of carbonyl (C=O) groups excluding carboxylic acids is 1. The number of amides is 1. The van der Waals surface area contributed by atoms with Gasteiger partial charge in [-0.05, 0) is 55.3 Å². The summed E-state index contributed by atoms with van der Waals surface area (Å²) in [5.74, 6) is 1.23. The first-order chi connectivity index (χ1) is 11.1. The van der Waals surface area contributed by atoms with E-state index in [1.807, 2.05) is 24.3 Å². The minimum atomic E-state index is -0.561. The average molecular weight is 334 g/mol. The van der Waals surface area contributed by atoms with Gasteiger partial charge in [0.25, 0.3) is 5.91 Å². The maximum atomic E-state index is 12.0. The molecule has 0 heterocycles. The largest absolute Gasteiger partial charge is 0.497 e. The molecule has 4 nitrogen and oxygen atoms in total. The van der Waals surface area contributed by atoms with Gasteiger partial charge in [0.2, 0.25) is 0 Å². The van der Waals surface area contributed by atoms with Crippen LogP contribution in [0.2, 0.25) is 5.02 Å². The lowest BCUT2D eigenvalue weighted by atomic mass is 10.1. The van der Waals surface area contributed by atoms with Crippen molar-refractivity contribution in [2.24, 2.45) is 0 Å². The Hall–Kier alpha value is -2.20. The van der Waals surface area contributed by atoms with Gasteiger partial charge in [0.15, 0.2) is 6.10 Å². The number of rotatable bonds is 7. The van der Waals surface area contributed by atoms with E-state index in [1.165, 1.54) is 0 Å². The molecule has 122 valence electrons. The highest BCUT2D eigenvalue weighted by Gasteiger charge is 2.14. The summed E-state index contributed by atoms with van der Waals surface area (Å²) in [6, 6.07) is 14.7. The van der Waals surface area contributed by atoms with E-state index in [0.717, 1.165) is 17.7 Å². The van der Waals surface area contributed by atoms with Gasteiger partial charge >= 0.3 is 0 Å². The Kier molecular flexibility index (Phi) is 6.29. The Morgan fingerprint density at radius 3 is 2.30 bits per heavy atom. The lowest BCUT2D eigenvalue weighted by Gasteiger charge is -2.15. The van der Waals surface area contributed by atoms with Crippen LogP contribution in [0.4, 0.5) is 0 Å². The molecule has 0 unspecified atom stereocenters. The third-order valence-electron chi connectivity index (χ3n) is 3.37. The van der Waals surface area contributed by atoms with Gasteiger partial charge in [-0.15, -0.1) is 0 Å². The maximum absolute atomic E-state index is 12.0. The molecule has 0 aromatic heterocycles. The van der Waals surface area contributed by atoms with Gasteiger partial charge in [0.1, 0.15) is 11.5 Å². The molecule has 2 aromatic carbocycles. The van der Waals surface area contributed by atoms with Gasteiger partial charge in [0, 0.05) is 11.6 Å². The number of halogens is 1. The van der Waals surface area contributed by atoms with E-state index in [2.05, 4.69) is 5.32 Å². The smallest absolute Gasteiger partial charge is 0.260 e. The van der Waals surface area contributed by atoms with Crippen molar-refractivity contribution in [3.8, 4) is 11.5 Å². The van der Waals surface area contributed by atoms with Gasteiger partial charge in [-0.2, -0.15) is 0 Å². The molecule has 2 rings (SSSR count). The maximum Gasteiger partial charge on any atom is 0.260 e. The van der Waals surface area contributed by atoms with Gasteiger partial charge in [-0.25, -0.2) is 0 Å². The van der Waals surface area contributed by atoms with E-state index in [1.54, 1.807) is 38.3 Å². The first kappa shape index (κ1) is 17.2. The fourth-order valence-electron chi connectivity index (χ4n) is 2.04. The first-order valence-electron chi connectivity index (χ1n) is 7.41. The Balaban J connectivity index is 1.76. The minimum Gasteiger partial charge on any atom is -0.497 e. The summed E-state index contributed by atoms with van der Waals surface area (Å²) >= 11 is 5.84. The van der Waals surface area contributed by atoms with Crippen LogP contribution in [0, 0.1) is 0 Å². The molecule has 0 fully saturated rings. The summed E-state index contributed by atoms with van der Waals surface area (Å²) in [4.78, 5) is 12.0. The number of methoxy groups -OCH3 is 1. The lowest BCUT2D eigenvalue weighted by molar-refractivity contribution is -0.127. The Bertz CT molecular complexity index is 626. The van der Waals surface area contributed by atoms with Crippen LogP contribution >= 0.6 is 11.6 Å². The van der Waals surface area contributed by atoms with Crippen molar-refractivity contribution in [1.29, 1.82) is 0 Å². The summed E-state index contributed by atoms with van der Waals surface area (Å²) < 4.78 is 10.7. The fraction of sp³-hybridized carbons (Fsp3) is 0.278. The number of ether oxygens (including phenoxy) is 2. The molecule has 0 radical (unpaired) electrons. The second kappa shape index (κ2) is 8.44. The third-order valence-corrected chi connectivity index (χ3v) is 3.62. The summed E-state index contributed by atoms with van der Waals surface area (Å²) in [7, 11) is 1.60. The molecular formula is C18H20ClNO3. The fourth-order valence-corrected chi connectivity index (χ4v) is 2.16. The Morgan fingerprint density at radius 1 is 1.09 bits per heavy atom. The van der Waals surface area contributed by atoms with Crippen LogP contribution in [0.5, 0.6) is 11.5 Å². The molecule has 1 amide bonds. The zero-order valence-corrected chi connectivity index (χ0v) is 14.0. The van der Waals surface area contributed by atoms with Crippen LogP contribution in [0.25, 0.3) is 0 Å². The SMILES string of the molecule is COc1ccc(O[C@H](C)C(=O)NCCc2ccc(Cl)cc2)cc1. The first-order valence-corrected chi connectivity index (χ1v) is 7.79. The molecule has 0 aliphatic carbocycles. The predicted octanol–water partition coefficient (Wildman–Crippen LogP) is 3.47. The lowest BCUT2D eigenvalue weighted by Crippen LogP contribution is -2.37. The number of carbonyl (C=O) groups is 1. The Labute approximate surface area is 141 Å². The molecule has 2 aromatic rings. The van der Waals surface area contributed by atoms with Crippen LogP contribution < -0.4 is 14.8 Å². The van der Waals surface area contributed by atoms with Crippen molar-refractivity contribution >= 4 is 17.5 Å². The molecule has 0 saturated carbocycles. The van der Waals surface area contributed by atoms with Crippen LogP contribution in [0.15, 0.2) is 48.5 Å². The topological polar surface area (TPSA) is 47.6 Å². The van der Waals surface area contributed by atoms with Crippen LogP contribution in [0.1, 0.15) is 12.5 Å². The summed E-state index contributed by atoms with van der Waals surface area (Å²) in [6.07, 6.45) is 0.187. The van der Waals surface area contributed by atoms with E-state index < -0.39 is 6.10 Å². The molecule has 5 heteroatoms. The summed E-state index contributed by atoms with van der Waals surface area (Å²) in [5.41, 5.74) is 1.12. The van der Waals surface area contributed by atoms with E-state index in [9.17, 15) is 4.79 Å². The molecule has 0 spiro atoms. The number of hydrogen-bond acceptors (Lipinski definition) is 3. The monoisotopic (exact) mass is 333 g/mol. The number of benzene rings is 2. The third kappa shape index (κ3) is 5.49. The van der Waals surface area contributed by atoms with Gasteiger partial charge < -0.3 is 14.8 Å². The molecule has 23 heavy (non-hydrogen) atoms. The highest BCUT2D eigenvalue weighted by Crippen LogP contribution is 2.18. The van der Waals surface area contributed by atoms with E-state index in [0.29, 0.717) is 17.3 Å². The minimum absolute atomic E-state index is 0.144. The molecule has 1 atom stereocenters. The van der Waals surface area contributed by atoms with Gasteiger partial charge in [-0.1, -0.05) is 23.7 Å². The highest BCUT2D eigenvalue weighted by atomic mass is 35.5. The van der Waals surface area contributed by atoms with Crippen LogP contribution in [0.3, 0.4) is 0 Å². The predicted molar refractivity (Wildman–Crippen MR) is 91.2 cm³/mol. The van der Waals surface area contributed by atoms with Crippen molar-refractivity contribution < 1.29 is 14.3 Å². The summed E-state index contributed by atoms with van der Waals surface area (Å²) in [5, 5.41) is 3.57. The number of nitrogens with one attached hydrogen (secondary N) is 1. The zero-order chi connectivity index (χ0) is 16.7. The van der Waals surface area contributed by atoms with E-state index in [4.69, 9.17) is 21.1 Å². The quantitative estimate of drug-likeness (QED) is 0.844. The van der Waals surface area contributed by atoms with Gasteiger partial charge in [0.05, 0.1) is 7.11 Å². The molecule has 0 bridgehead atoms. The summed E-state index contributed by atoms with van der Waals surface area (Å²) in [6.45, 7) is 2.28. The standard InChI is InChI=1S/C18H20ClNO3/c1-13(23-17-9-7-16(22-2)8-10-17)18(21)20-12-11-14-3-5-15(19)6-4-14/h3-10,13H,11-12H2,1-2H3,(H,20,21)/t13-/m1/s1. The van der Waals surface area contributed by atoms with Crippen LogP contribution in [-0.2, 0) is 11.2 Å². The van der Waals surface area contributed by atoms with Crippen LogP contribution in [-0.4, -0.2) is 25.7 Å². The van der Waals surface area contributed by atoms with Crippen molar-refractivity contribution in [1.82, 2.24) is 5.32 Å². The molecule has 0 saturated heterocycles. The molecule has 0 aliphatic heterocycles. The van der Waals surface area contributed by atoms with Crippen molar-refractivity contribution in [2.45, 2.75) is 19.4 Å². The van der Waals surface area contributed by atoms with E-state index >= 15 is 0 Å². The molecular weight excluding hydrogens is 314 g/mol. The normalized spacial score (nSPS) is 11.6. The highest BCUT2D eigenvalue weighted by molar-refractivity contribution is 6.30. The van der Waals surface area contributed by atoms with Crippen molar-refractivity contribution in [2.75, 3.05) is 13.7 Å². The van der Waals surface area contributed by atoms with Crippen molar-refractivity contribution in [3.05, 3.63) is 59.1 Å².